The molecule has 0 aliphatic rings. The standard InChI is InChI=1S/C21H41ClO2/c1-24-21(23)19-17-15-13-11-9-7-5-3-2-4-6-8-10-12-14-16-18-20-22/h2-20H2,1H3. The maximum Gasteiger partial charge on any atom is 0.305 e. The fourth-order valence-electron chi connectivity index (χ4n) is 3.12. The van der Waals surface area contributed by atoms with Gasteiger partial charge in [0.1, 0.15) is 0 Å². The summed E-state index contributed by atoms with van der Waals surface area (Å²) in [6.07, 6.45) is 23.3. The third-order valence-electron chi connectivity index (χ3n) is 4.74. The minimum atomic E-state index is -0.0682. The van der Waals surface area contributed by atoms with Gasteiger partial charge in [0.05, 0.1) is 7.11 Å². The summed E-state index contributed by atoms with van der Waals surface area (Å²) in [5.41, 5.74) is 0. The van der Waals surface area contributed by atoms with Gasteiger partial charge in [-0.2, -0.15) is 0 Å². The summed E-state index contributed by atoms with van der Waals surface area (Å²) in [7, 11) is 1.47. The summed E-state index contributed by atoms with van der Waals surface area (Å²) in [5.74, 6) is 0.761. The van der Waals surface area contributed by atoms with E-state index in [4.69, 9.17) is 11.6 Å². The van der Waals surface area contributed by atoms with Gasteiger partial charge in [-0.1, -0.05) is 96.3 Å². The fraction of sp³-hybridized carbons (Fsp3) is 0.952. The smallest absolute Gasteiger partial charge is 0.305 e. The van der Waals surface area contributed by atoms with E-state index < -0.39 is 0 Å². The Morgan fingerprint density at radius 2 is 0.875 bits per heavy atom. The van der Waals surface area contributed by atoms with Gasteiger partial charge in [-0.05, 0) is 12.8 Å². The Bertz CT molecular complexity index is 256. The van der Waals surface area contributed by atoms with Crippen molar-refractivity contribution in [2.24, 2.45) is 0 Å². The van der Waals surface area contributed by atoms with Crippen LogP contribution >= 0.6 is 11.6 Å². The van der Waals surface area contributed by atoms with Gasteiger partial charge in [0.25, 0.3) is 0 Å². The first-order valence-electron chi connectivity index (χ1n) is 10.4. The van der Waals surface area contributed by atoms with Gasteiger partial charge in [0.15, 0.2) is 0 Å². The third kappa shape index (κ3) is 19.8. The Morgan fingerprint density at radius 1 is 0.583 bits per heavy atom. The van der Waals surface area contributed by atoms with Crippen LogP contribution in [0, 0.1) is 0 Å². The quantitative estimate of drug-likeness (QED) is 0.136. The van der Waals surface area contributed by atoms with Gasteiger partial charge in [0.2, 0.25) is 0 Å². The third-order valence-corrected chi connectivity index (χ3v) is 5.01. The van der Waals surface area contributed by atoms with Crippen LogP contribution in [0.4, 0.5) is 0 Å². The molecule has 0 heterocycles. The van der Waals surface area contributed by atoms with Crippen LogP contribution in [0.5, 0.6) is 0 Å². The second-order valence-electron chi connectivity index (χ2n) is 7.03. The van der Waals surface area contributed by atoms with E-state index in [2.05, 4.69) is 4.74 Å². The van der Waals surface area contributed by atoms with E-state index in [1.165, 1.54) is 110 Å². The lowest BCUT2D eigenvalue weighted by Crippen LogP contribution is -1.99. The molecule has 0 fully saturated rings. The zero-order chi connectivity index (χ0) is 17.7. The highest BCUT2D eigenvalue weighted by molar-refractivity contribution is 6.17. The van der Waals surface area contributed by atoms with Gasteiger partial charge in [-0.25, -0.2) is 0 Å². The van der Waals surface area contributed by atoms with Crippen molar-refractivity contribution in [3.8, 4) is 0 Å². The molecule has 144 valence electrons. The molecule has 24 heavy (non-hydrogen) atoms. The van der Waals surface area contributed by atoms with Gasteiger partial charge in [-0.3, -0.25) is 4.79 Å². The minimum Gasteiger partial charge on any atom is -0.469 e. The summed E-state index contributed by atoms with van der Waals surface area (Å²) >= 11 is 5.67. The molecular weight excluding hydrogens is 320 g/mol. The Labute approximate surface area is 156 Å². The first-order valence-corrected chi connectivity index (χ1v) is 11.0. The Morgan fingerprint density at radius 3 is 1.17 bits per heavy atom. The number of methoxy groups -OCH3 is 1. The fourth-order valence-corrected chi connectivity index (χ4v) is 3.31. The summed E-state index contributed by atoms with van der Waals surface area (Å²) < 4.78 is 4.64. The monoisotopic (exact) mass is 360 g/mol. The minimum absolute atomic E-state index is 0.0682. The molecule has 0 saturated carbocycles. The van der Waals surface area contributed by atoms with Crippen molar-refractivity contribution < 1.29 is 9.53 Å². The summed E-state index contributed by atoms with van der Waals surface area (Å²) in [4.78, 5) is 11.0. The van der Waals surface area contributed by atoms with Gasteiger partial charge in [-0.15, -0.1) is 11.6 Å². The molecule has 0 atom stereocenters. The summed E-state index contributed by atoms with van der Waals surface area (Å²) in [6.45, 7) is 0. The maximum atomic E-state index is 11.0. The lowest BCUT2D eigenvalue weighted by Gasteiger charge is -2.03. The first-order chi connectivity index (χ1) is 11.8. The van der Waals surface area contributed by atoms with E-state index in [1.807, 2.05) is 0 Å². The number of halogens is 1. The van der Waals surface area contributed by atoms with E-state index in [0.29, 0.717) is 6.42 Å². The molecule has 0 bridgehead atoms. The first kappa shape index (κ1) is 23.8. The molecule has 3 heteroatoms. The van der Waals surface area contributed by atoms with E-state index in [-0.39, 0.29) is 5.97 Å². The zero-order valence-electron chi connectivity index (χ0n) is 16.1. The van der Waals surface area contributed by atoms with Crippen molar-refractivity contribution in [3.05, 3.63) is 0 Å². The predicted octanol–water partition coefficient (Wildman–Crippen LogP) is 7.42. The summed E-state index contributed by atoms with van der Waals surface area (Å²) in [5, 5.41) is 0. The average molecular weight is 361 g/mol. The molecule has 0 aliphatic heterocycles. The van der Waals surface area contributed by atoms with Crippen LogP contribution in [0.2, 0.25) is 0 Å². The highest BCUT2D eigenvalue weighted by atomic mass is 35.5. The van der Waals surface area contributed by atoms with Crippen molar-refractivity contribution in [3.63, 3.8) is 0 Å². The molecule has 2 nitrogen and oxygen atoms in total. The Balaban J connectivity index is 2.99. The van der Waals surface area contributed by atoms with Crippen molar-refractivity contribution in [2.45, 2.75) is 116 Å². The molecule has 0 aromatic carbocycles. The number of rotatable bonds is 19. The number of hydrogen-bond acceptors (Lipinski definition) is 2. The van der Waals surface area contributed by atoms with E-state index in [1.54, 1.807) is 0 Å². The normalized spacial score (nSPS) is 10.9. The van der Waals surface area contributed by atoms with Crippen molar-refractivity contribution in [1.29, 1.82) is 0 Å². The van der Waals surface area contributed by atoms with Crippen LogP contribution in [-0.4, -0.2) is 19.0 Å². The lowest BCUT2D eigenvalue weighted by molar-refractivity contribution is -0.140. The predicted molar refractivity (Wildman–Crippen MR) is 106 cm³/mol. The lowest BCUT2D eigenvalue weighted by atomic mass is 10.0. The molecule has 0 radical (unpaired) electrons. The van der Waals surface area contributed by atoms with Crippen LogP contribution in [0.3, 0.4) is 0 Å². The van der Waals surface area contributed by atoms with E-state index in [9.17, 15) is 4.79 Å². The molecule has 0 rings (SSSR count). The van der Waals surface area contributed by atoms with Crippen LogP contribution in [-0.2, 0) is 9.53 Å². The van der Waals surface area contributed by atoms with Crippen LogP contribution < -0.4 is 0 Å². The van der Waals surface area contributed by atoms with Gasteiger partial charge >= 0.3 is 5.97 Å². The second-order valence-corrected chi connectivity index (χ2v) is 7.40. The highest BCUT2D eigenvalue weighted by Gasteiger charge is 1.99. The number of esters is 1. The largest absolute Gasteiger partial charge is 0.469 e. The van der Waals surface area contributed by atoms with E-state index >= 15 is 0 Å². The van der Waals surface area contributed by atoms with Crippen LogP contribution in [0.1, 0.15) is 116 Å². The molecule has 0 aliphatic carbocycles. The zero-order valence-corrected chi connectivity index (χ0v) is 16.9. The number of unbranched alkanes of at least 4 members (excludes halogenated alkanes) is 16. The molecule has 0 N–H and O–H groups in total. The molecule has 0 saturated heterocycles. The Hall–Kier alpha value is -0.240. The highest BCUT2D eigenvalue weighted by Crippen LogP contribution is 2.14. The molecule has 0 aromatic heterocycles. The van der Waals surface area contributed by atoms with Crippen molar-refractivity contribution in [1.82, 2.24) is 0 Å². The SMILES string of the molecule is COC(=O)CCCCCCCCCCCCCCCCCCCCl. The number of ether oxygens (including phenoxy) is 1. The van der Waals surface area contributed by atoms with E-state index in [0.717, 1.165) is 12.3 Å². The van der Waals surface area contributed by atoms with Crippen molar-refractivity contribution in [2.75, 3.05) is 13.0 Å². The summed E-state index contributed by atoms with van der Waals surface area (Å²) in [6, 6.07) is 0. The molecule has 0 spiro atoms. The van der Waals surface area contributed by atoms with Gasteiger partial charge in [0, 0.05) is 12.3 Å². The molecular formula is C21H41ClO2. The molecule has 0 unspecified atom stereocenters. The second kappa shape index (κ2) is 20.8. The van der Waals surface area contributed by atoms with Crippen LogP contribution in [0.15, 0.2) is 0 Å². The maximum absolute atomic E-state index is 11.0. The molecule has 0 amide bonds. The average Bonchev–Trinajstić information content (AvgIpc) is 2.60. The molecule has 0 aromatic rings. The number of hydrogen-bond donors (Lipinski definition) is 0. The number of carbonyl (C=O) groups is 1. The van der Waals surface area contributed by atoms with Crippen molar-refractivity contribution >= 4 is 17.6 Å². The van der Waals surface area contributed by atoms with Gasteiger partial charge < -0.3 is 4.74 Å². The topological polar surface area (TPSA) is 26.3 Å². The van der Waals surface area contributed by atoms with Crippen LogP contribution in [0.25, 0.3) is 0 Å². The number of alkyl halides is 1. The Kier molecular flexibility index (Phi) is 20.6. The number of carbonyl (C=O) groups excluding carboxylic acids is 1.